The molecule has 1 aromatic heterocycles. The highest BCUT2D eigenvalue weighted by molar-refractivity contribution is 5.82. The number of benzene rings is 1. The van der Waals surface area contributed by atoms with Gasteiger partial charge in [-0.2, -0.15) is 5.10 Å². The number of likely N-dealkylation sites (N-methyl/N-ethyl adjacent to an activating group) is 1. The zero-order valence-corrected chi connectivity index (χ0v) is 12.2. The van der Waals surface area contributed by atoms with Gasteiger partial charge in [0.25, 0.3) is 0 Å². The van der Waals surface area contributed by atoms with E-state index < -0.39 is 0 Å². The summed E-state index contributed by atoms with van der Waals surface area (Å²) in [6.07, 6.45) is 1.93. The van der Waals surface area contributed by atoms with Crippen molar-refractivity contribution >= 4 is 10.9 Å². The van der Waals surface area contributed by atoms with Gasteiger partial charge < -0.3 is 4.90 Å². The summed E-state index contributed by atoms with van der Waals surface area (Å²) >= 11 is 0. The van der Waals surface area contributed by atoms with E-state index in [2.05, 4.69) is 40.3 Å². The zero-order valence-electron chi connectivity index (χ0n) is 12.2. The topological polar surface area (TPSA) is 31.9 Å². The average molecular weight is 247 g/mol. The molecule has 1 aliphatic heterocycles. The SMILES string of the molecule is CC.CC.CN1CC(c2cccc3[nH]ncc23)C1. The Morgan fingerprint density at radius 3 is 2.44 bits per heavy atom. The number of H-pyrrole nitrogens is 1. The van der Waals surface area contributed by atoms with E-state index in [1.807, 2.05) is 33.9 Å². The average Bonchev–Trinajstić information content (AvgIpc) is 2.88. The number of rotatable bonds is 1. The fourth-order valence-corrected chi connectivity index (χ4v) is 2.24. The fraction of sp³-hybridized carbons (Fsp3) is 0.533. The first-order valence-corrected chi connectivity index (χ1v) is 6.95. The number of nitrogens with zero attached hydrogens (tertiary/aromatic N) is 2. The van der Waals surface area contributed by atoms with Gasteiger partial charge in [0.1, 0.15) is 0 Å². The first-order valence-electron chi connectivity index (χ1n) is 6.95. The van der Waals surface area contributed by atoms with Crippen LogP contribution in [-0.4, -0.2) is 35.2 Å². The molecule has 3 nitrogen and oxygen atoms in total. The molecule has 0 aliphatic carbocycles. The summed E-state index contributed by atoms with van der Waals surface area (Å²) in [5.74, 6) is 0.696. The monoisotopic (exact) mass is 247 g/mol. The number of hydrogen-bond donors (Lipinski definition) is 1. The maximum atomic E-state index is 4.08. The van der Waals surface area contributed by atoms with Crippen LogP contribution in [0.25, 0.3) is 10.9 Å². The first kappa shape index (κ1) is 14.7. The number of hydrogen-bond acceptors (Lipinski definition) is 2. The summed E-state index contributed by atoms with van der Waals surface area (Å²) in [7, 11) is 2.16. The Labute approximate surface area is 110 Å². The van der Waals surface area contributed by atoms with Gasteiger partial charge in [0.2, 0.25) is 0 Å². The quantitative estimate of drug-likeness (QED) is 0.834. The van der Waals surface area contributed by atoms with Crippen LogP contribution < -0.4 is 0 Å². The Hall–Kier alpha value is -1.35. The highest BCUT2D eigenvalue weighted by Crippen LogP contribution is 2.30. The van der Waals surface area contributed by atoms with Crippen LogP contribution in [-0.2, 0) is 0 Å². The molecule has 0 amide bonds. The lowest BCUT2D eigenvalue weighted by atomic mass is 9.90. The van der Waals surface area contributed by atoms with Gasteiger partial charge in [-0.25, -0.2) is 0 Å². The van der Waals surface area contributed by atoms with E-state index in [9.17, 15) is 0 Å². The molecular formula is C15H25N3. The van der Waals surface area contributed by atoms with Crippen LogP contribution in [0, 0.1) is 0 Å². The van der Waals surface area contributed by atoms with Crippen molar-refractivity contribution in [2.45, 2.75) is 33.6 Å². The molecule has 0 bridgehead atoms. The minimum absolute atomic E-state index is 0.696. The van der Waals surface area contributed by atoms with Crippen molar-refractivity contribution in [3.63, 3.8) is 0 Å². The molecule has 1 saturated heterocycles. The molecule has 100 valence electrons. The minimum Gasteiger partial charge on any atom is -0.305 e. The molecule has 1 aliphatic rings. The molecule has 18 heavy (non-hydrogen) atoms. The smallest absolute Gasteiger partial charge is 0.0653 e. The number of aromatic amines is 1. The number of fused-ring (bicyclic) bond motifs is 1. The Bertz CT molecular complexity index is 455. The number of likely N-dealkylation sites (tertiary alicyclic amines) is 1. The lowest BCUT2D eigenvalue weighted by Crippen LogP contribution is -2.41. The maximum absolute atomic E-state index is 4.08. The molecule has 0 radical (unpaired) electrons. The molecule has 1 fully saturated rings. The van der Waals surface area contributed by atoms with E-state index in [0.717, 1.165) is 5.52 Å². The predicted molar refractivity (Wildman–Crippen MR) is 79.0 cm³/mol. The normalized spacial score (nSPS) is 15.2. The Morgan fingerprint density at radius 1 is 1.17 bits per heavy atom. The van der Waals surface area contributed by atoms with E-state index in [1.54, 1.807) is 0 Å². The molecular weight excluding hydrogens is 222 g/mol. The summed E-state index contributed by atoms with van der Waals surface area (Å²) in [6, 6.07) is 6.40. The van der Waals surface area contributed by atoms with Crippen LogP contribution >= 0.6 is 0 Å². The van der Waals surface area contributed by atoms with Crippen molar-refractivity contribution in [3.05, 3.63) is 30.0 Å². The van der Waals surface area contributed by atoms with Crippen molar-refractivity contribution in [1.82, 2.24) is 15.1 Å². The van der Waals surface area contributed by atoms with Crippen LogP contribution in [0.3, 0.4) is 0 Å². The standard InChI is InChI=1S/C11H13N3.2C2H6/c1-14-6-8(7-14)9-3-2-4-11-10(9)5-12-13-11;2*1-2/h2-5,8H,6-7H2,1H3,(H,12,13);2*1-2H3. The van der Waals surface area contributed by atoms with Crippen molar-refractivity contribution in [1.29, 1.82) is 0 Å². The summed E-state index contributed by atoms with van der Waals surface area (Å²) in [4.78, 5) is 2.34. The Kier molecular flexibility index (Phi) is 5.86. The van der Waals surface area contributed by atoms with Crippen LogP contribution in [0.15, 0.2) is 24.4 Å². The zero-order chi connectivity index (χ0) is 13.5. The summed E-state index contributed by atoms with van der Waals surface area (Å²) in [5.41, 5.74) is 2.59. The molecule has 1 aromatic carbocycles. The van der Waals surface area contributed by atoms with Gasteiger partial charge in [0.05, 0.1) is 11.7 Å². The highest BCUT2D eigenvalue weighted by atomic mass is 15.2. The van der Waals surface area contributed by atoms with Crippen molar-refractivity contribution in [3.8, 4) is 0 Å². The number of aromatic nitrogens is 2. The molecule has 0 saturated carbocycles. The van der Waals surface area contributed by atoms with Crippen molar-refractivity contribution in [2.24, 2.45) is 0 Å². The van der Waals surface area contributed by atoms with Gasteiger partial charge in [0.15, 0.2) is 0 Å². The van der Waals surface area contributed by atoms with Gasteiger partial charge in [-0.1, -0.05) is 39.8 Å². The second kappa shape index (κ2) is 7.17. The lowest BCUT2D eigenvalue weighted by molar-refractivity contribution is 0.191. The third kappa shape index (κ3) is 2.91. The maximum Gasteiger partial charge on any atom is 0.0653 e. The minimum atomic E-state index is 0.696. The highest BCUT2D eigenvalue weighted by Gasteiger charge is 2.26. The predicted octanol–water partition coefficient (Wildman–Crippen LogP) is 3.64. The third-order valence-corrected chi connectivity index (χ3v) is 3.02. The Morgan fingerprint density at radius 2 is 1.83 bits per heavy atom. The van der Waals surface area contributed by atoms with E-state index in [-0.39, 0.29) is 0 Å². The molecule has 2 heterocycles. The first-order chi connectivity index (χ1) is 8.84. The van der Waals surface area contributed by atoms with Gasteiger partial charge in [-0.15, -0.1) is 0 Å². The molecule has 3 heteroatoms. The van der Waals surface area contributed by atoms with Crippen LogP contribution in [0.1, 0.15) is 39.2 Å². The van der Waals surface area contributed by atoms with Crippen LogP contribution in [0.5, 0.6) is 0 Å². The summed E-state index contributed by atoms with van der Waals surface area (Å²) < 4.78 is 0. The van der Waals surface area contributed by atoms with E-state index >= 15 is 0 Å². The van der Waals surface area contributed by atoms with Crippen molar-refractivity contribution < 1.29 is 0 Å². The van der Waals surface area contributed by atoms with Crippen LogP contribution in [0.2, 0.25) is 0 Å². The lowest BCUT2D eigenvalue weighted by Gasteiger charge is -2.36. The summed E-state index contributed by atoms with van der Waals surface area (Å²) in [5, 5.41) is 8.38. The second-order valence-corrected chi connectivity index (χ2v) is 4.10. The molecule has 0 unspecified atom stereocenters. The van der Waals surface area contributed by atoms with Gasteiger partial charge in [-0.05, 0) is 18.7 Å². The largest absolute Gasteiger partial charge is 0.305 e. The third-order valence-electron chi connectivity index (χ3n) is 3.02. The van der Waals surface area contributed by atoms with Gasteiger partial charge in [0, 0.05) is 24.4 Å². The number of nitrogens with one attached hydrogen (secondary N) is 1. The van der Waals surface area contributed by atoms with Crippen molar-refractivity contribution in [2.75, 3.05) is 20.1 Å². The fourth-order valence-electron chi connectivity index (χ4n) is 2.24. The second-order valence-electron chi connectivity index (χ2n) is 4.10. The van der Waals surface area contributed by atoms with Gasteiger partial charge in [-0.3, -0.25) is 5.10 Å². The Balaban J connectivity index is 0.000000371. The van der Waals surface area contributed by atoms with Crippen LogP contribution in [0.4, 0.5) is 0 Å². The van der Waals surface area contributed by atoms with E-state index in [4.69, 9.17) is 0 Å². The molecule has 1 N–H and O–H groups in total. The molecule has 0 spiro atoms. The van der Waals surface area contributed by atoms with E-state index in [0.29, 0.717) is 5.92 Å². The summed E-state index contributed by atoms with van der Waals surface area (Å²) in [6.45, 7) is 10.3. The molecule has 0 atom stereocenters. The van der Waals surface area contributed by atoms with E-state index in [1.165, 1.54) is 24.0 Å². The van der Waals surface area contributed by atoms with Gasteiger partial charge >= 0.3 is 0 Å². The molecule has 2 aromatic rings. The molecule has 3 rings (SSSR count).